The van der Waals surface area contributed by atoms with Crippen LogP contribution in [0.5, 0.6) is 0 Å². The van der Waals surface area contributed by atoms with E-state index in [1.165, 1.54) is 17.0 Å². The summed E-state index contributed by atoms with van der Waals surface area (Å²) in [6, 6.07) is 15.1. The van der Waals surface area contributed by atoms with Crippen LogP contribution in [-0.4, -0.2) is 53.9 Å². The van der Waals surface area contributed by atoms with Gasteiger partial charge in [-0.2, -0.15) is 0 Å². The molecule has 2 aliphatic rings. The number of piperazine rings is 1. The van der Waals surface area contributed by atoms with Crippen LogP contribution in [0.4, 0.5) is 17.1 Å². The van der Waals surface area contributed by atoms with E-state index >= 15 is 0 Å². The average Bonchev–Trinajstić information content (AvgIpc) is 3.03. The Morgan fingerprint density at radius 3 is 2.11 bits per heavy atom. The number of imide groups is 1. The number of carbonyl (C=O) groups excluding carboxylic acids is 2. The van der Waals surface area contributed by atoms with E-state index in [1.807, 2.05) is 18.2 Å². The minimum Gasteiger partial charge on any atom is -0.369 e. The molecule has 2 fully saturated rings. The molecule has 8 nitrogen and oxygen atoms in total. The maximum absolute atomic E-state index is 12.9. The van der Waals surface area contributed by atoms with Crippen molar-refractivity contribution in [1.29, 1.82) is 0 Å². The molecule has 0 radical (unpaired) electrons. The predicted molar refractivity (Wildman–Crippen MR) is 104 cm³/mol. The van der Waals surface area contributed by atoms with Crippen LogP contribution in [0, 0.1) is 10.1 Å². The maximum Gasteiger partial charge on any atom is 0.269 e. The molecule has 1 atom stereocenters. The van der Waals surface area contributed by atoms with E-state index in [0.29, 0.717) is 31.9 Å². The standard InChI is InChI=1S/C20H20N4O4/c25-19-14-18(20(26)23(19)16-4-2-1-3-5-16)22-12-10-21(11-13-22)15-6-8-17(9-7-15)24(27)28/h1-9,18H,10-14H2/t18-/m1/s1. The molecule has 144 valence electrons. The lowest BCUT2D eigenvalue weighted by Crippen LogP contribution is -2.52. The van der Waals surface area contributed by atoms with Crippen molar-refractivity contribution >= 4 is 28.9 Å². The van der Waals surface area contributed by atoms with Gasteiger partial charge in [-0.1, -0.05) is 18.2 Å². The van der Waals surface area contributed by atoms with Crippen molar-refractivity contribution in [2.75, 3.05) is 36.0 Å². The van der Waals surface area contributed by atoms with Gasteiger partial charge in [-0.25, -0.2) is 4.90 Å². The number of nitro benzene ring substituents is 1. The fraction of sp³-hybridized carbons (Fsp3) is 0.300. The molecule has 28 heavy (non-hydrogen) atoms. The van der Waals surface area contributed by atoms with Gasteiger partial charge >= 0.3 is 0 Å². The smallest absolute Gasteiger partial charge is 0.269 e. The highest BCUT2D eigenvalue weighted by Crippen LogP contribution is 2.27. The van der Waals surface area contributed by atoms with Gasteiger partial charge in [0.15, 0.2) is 0 Å². The van der Waals surface area contributed by atoms with E-state index in [2.05, 4.69) is 9.80 Å². The number of amides is 2. The minimum absolute atomic E-state index is 0.0680. The summed E-state index contributed by atoms with van der Waals surface area (Å²) in [6.45, 7) is 2.70. The lowest BCUT2D eigenvalue weighted by molar-refractivity contribution is -0.384. The third-order valence-electron chi connectivity index (χ3n) is 5.32. The molecule has 2 saturated heterocycles. The number of carbonyl (C=O) groups is 2. The average molecular weight is 380 g/mol. The Bertz CT molecular complexity index is 892. The Morgan fingerprint density at radius 2 is 1.50 bits per heavy atom. The second-order valence-electron chi connectivity index (χ2n) is 6.92. The first kappa shape index (κ1) is 18.1. The van der Waals surface area contributed by atoms with Crippen LogP contribution in [0.2, 0.25) is 0 Å². The van der Waals surface area contributed by atoms with Gasteiger partial charge in [-0.15, -0.1) is 0 Å². The first-order valence-electron chi connectivity index (χ1n) is 9.20. The van der Waals surface area contributed by atoms with Crippen molar-refractivity contribution < 1.29 is 14.5 Å². The van der Waals surface area contributed by atoms with Gasteiger partial charge in [-0.05, 0) is 24.3 Å². The first-order chi connectivity index (χ1) is 13.5. The fourth-order valence-electron chi connectivity index (χ4n) is 3.83. The van der Waals surface area contributed by atoms with Gasteiger partial charge in [0.1, 0.15) is 0 Å². The van der Waals surface area contributed by atoms with Crippen molar-refractivity contribution in [1.82, 2.24) is 4.90 Å². The van der Waals surface area contributed by atoms with Gasteiger partial charge < -0.3 is 4.90 Å². The van der Waals surface area contributed by atoms with Gasteiger partial charge in [0.05, 0.1) is 23.1 Å². The van der Waals surface area contributed by atoms with E-state index < -0.39 is 11.0 Å². The fourth-order valence-corrected chi connectivity index (χ4v) is 3.83. The molecule has 4 rings (SSSR count). The largest absolute Gasteiger partial charge is 0.369 e. The molecule has 8 heteroatoms. The highest BCUT2D eigenvalue weighted by molar-refractivity contribution is 6.22. The van der Waals surface area contributed by atoms with Crippen LogP contribution < -0.4 is 9.80 Å². The van der Waals surface area contributed by atoms with E-state index in [-0.39, 0.29) is 23.9 Å². The molecule has 2 aromatic rings. The highest BCUT2D eigenvalue weighted by Gasteiger charge is 2.43. The number of benzene rings is 2. The normalized spacial score (nSPS) is 20.6. The second kappa shape index (κ2) is 7.40. The van der Waals surface area contributed by atoms with Crippen LogP contribution in [0.1, 0.15) is 6.42 Å². The summed E-state index contributed by atoms with van der Waals surface area (Å²) in [4.78, 5) is 41.1. The molecular formula is C20H20N4O4. The number of hydrogen-bond acceptors (Lipinski definition) is 6. The number of para-hydroxylation sites is 1. The lowest BCUT2D eigenvalue weighted by atomic mass is 10.1. The molecule has 0 aliphatic carbocycles. The van der Waals surface area contributed by atoms with Gasteiger partial charge in [0.2, 0.25) is 5.91 Å². The minimum atomic E-state index is -0.424. The van der Waals surface area contributed by atoms with Crippen molar-refractivity contribution in [2.24, 2.45) is 0 Å². The number of hydrogen-bond donors (Lipinski definition) is 0. The summed E-state index contributed by atoms with van der Waals surface area (Å²) >= 11 is 0. The molecule has 0 unspecified atom stereocenters. The molecule has 0 N–H and O–H groups in total. The molecule has 2 aliphatic heterocycles. The number of rotatable bonds is 4. The van der Waals surface area contributed by atoms with Crippen LogP contribution in [-0.2, 0) is 9.59 Å². The summed E-state index contributed by atoms with van der Waals surface area (Å²) < 4.78 is 0. The molecule has 0 bridgehead atoms. The molecule has 2 amide bonds. The zero-order valence-electron chi connectivity index (χ0n) is 15.2. The maximum atomic E-state index is 12.9. The number of nitrogens with zero attached hydrogens (tertiary/aromatic N) is 4. The lowest BCUT2D eigenvalue weighted by Gasteiger charge is -2.38. The molecule has 0 saturated carbocycles. The molecule has 2 aromatic carbocycles. The topological polar surface area (TPSA) is 87.0 Å². The van der Waals surface area contributed by atoms with Crippen LogP contribution in [0.25, 0.3) is 0 Å². The quantitative estimate of drug-likeness (QED) is 0.458. The third-order valence-corrected chi connectivity index (χ3v) is 5.32. The van der Waals surface area contributed by atoms with Gasteiger partial charge in [0, 0.05) is 44.0 Å². The number of anilines is 2. The van der Waals surface area contributed by atoms with Gasteiger partial charge in [-0.3, -0.25) is 24.6 Å². The van der Waals surface area contributed by atoms with Crippen molar-refractivity contribution in [3.8, 4) is 0 Å². The Morgan fingerprint density at radius 1 is 0.857 bits per heavy atom. The molecule has 2 heterocycles. The van der Waals surface area contributed by atoms with E-state index in [0.717, 1.165) is 5.69 Å². The monoisotopic (exact) mass is 380 g/mol. The van der Waals surface area contributed by atoms with Crippen LogP contribution >= 0.6 is 0 Å². The molecular weight excluding hydrogens is 360 g/mol. The van der Waals surface area contributed by atoms with Crippen LogP contribution in [0.3, 0.4) is 0 Å². The zero-order chi connectivity index (χ0) is 19.7. The second-order valence-corrected chi connectivity index (χ2v) is 6.92. The van der Waals surface area contributed by atoms with E-state index in [4.69, 9.17) is 0 Å². The highest BCUT2D eigenvalue weighted by atomic mass is 16.6. The molecule has 0 aromatic heterocycles. The van der Waals surface area contributed by atoms with E-state index in [1.54, 1.807) is 24.3 Å². The Hall–Kier alpha value is -3.26. The number of nitro groups is 1. The summed E-state index contributed by atoms with van der Waals surface area (Å²) in [7, 11) is 0. The Balaban J connectivity index is 1.40. The summed E-state index contributed by atoms with van der Waals surface area (Å²) in [6.07, 6.45) is 0.200. The summed E-state index contributed by atoms with van der Waals surface area (Å²) in [5, 5.41) is 10.8. The Kier molecular flexibility index (Phi) is 4.79. The summed E-state index contributed by atoms with van der Waals surface area (Å²) in [5.41, 5.74) is 1.60. The predicted octanol–water partition coefficient (Wildman–Crippen LogP) is 2.05. The molecule has 0 spiro atoms. The van der Waals surface area contributed by atoms with Crippen molar-refractivity contribution in [3.05, 3.63) is 64.7 Å². The van der Waals surface area contributed by atoms with Crippen LogP contribution in [0.15, 0.2) is 54.6 Å². The van der Waals surface area contributed by atoms with Crippen molar-refractivity contribution in [3.63, 3.8) is 0 Å². The summed E-state index contributed by atoms with van der Waals surface area (Å²) in [5.74, 6) is -0.334. The van der Waals surface area contributed by atoms with E-state index in [9.17, 15) is 19.7 Å². The number of non-ortho nitro benzene ring substituents is 1. The van der Waals surface area contributed by atoms with Gasteiger partial charge in [0.25, 0.3) is 11.6 Å². The van der Waals surface area contributed by atoms with Crippen molar-refractivity contribution in [2.45, 2.75) is 12.5 Å². The third kappa shape index (κ3) is 3.34. The first-order valence-corrected chi connectivity index (χ1v) is 9.20. The zero-order valence-corrected chi connectivity index (χ0v) is 15.2. The SMILES string of the molecule is O=C1C[C@@H](N2CCN(c3ccc([N+](=O)[O-])cc3)CC2)C(=O)N1c1ccccc1. The Labute approximate surface area is 162 Å².